The Morgan fingerprint density at radius 2 is 1.84 bits per heavy atom. The molecule has 13 heteroatoms. The lowest BCUT2D eigenvalue weighted by molar-refractivity contribution is -0.192. The highest BCUT2D eigenvalue weighted by atomic mass is 32.2. The fourth-order valence-corrected chi connectivity index (χ4v) is 5.10. The van der Waals surface area contributed by atoms with Gasteiger partial charge >= 0.3 is 12.1 Å². The van der Waals surface area contributed by atoms with Crippen LogP contribution in [0.15, 0.2) is 35.2 Å². The van der Waals surface area contributed by atoms with Crippen molar-refractivity contribution in [1.82, 2.24) is 10.3 Å². The number of sulfonamides is 1. The molecule has 1 aromatic heterocycles. The van der Waals surface area contributed by atoms with E-state index in [-0.39, 0.29) is 4.90 Å². The Morgan fingerprint density at radius 3 is 2.35 bits per heavy atom. The number of nitrogens with one attached hydrogen (secondary N) is 3. The molecule has 1 saturated carbocycles. The monoisotopic (exact) mass is 478 g/mol. The fraction of sp³-hybridized carbons (Fsp3) is 0.444. The molecule has 2 heterocycles. The maximum atomic E-state index is 12.6. The summed E-state index contributed by atoms with van der Waals surface area (Å²) in [6.45, 7) is 1.93. The van der Waals surface area contributed by atoms with Gasteiger partial charge in [-0.1, -0.05) is 29.5 Å². The van der Waals surface area contributed by atoms with Crippen LogP contribution >= 0.6 is 11.3 Å². The molecule has 2 aromatic rings. The number of carboxylic acid groups (broad SMARTS) is 1. The third kappa shape index (κ3) is 6.55. The van der Waals surface area contributed by atoms with Crippen LogP contribution in [0.3, 0.4) is 0 Å². The number of thiazole rings is 1. The Bertz CT molecular complexity index is 1000. The molecule has 0 unspecified atom stereocenters. The van der Waals surface area contributed by atoms with Gasteiger partial charge in [0.2, 0.25) is 0 Å². The minimum absolute atomic E-state index is 0.259. The summed E-state index contributed by atoms with van der Waals surface area (Å²) < 4.78 is 59.6. The number of anilines is 2. The Kier molecular flexibility index (Phi) is 7.06. The molecule has 1 aliphatic heterocycles. The number of carboxylic acids is 1. The van der Waals surface area contributed by atoms with Crippen LogP contribution in [-0.4, -0.2) is 49.8 Å². The first-order chi connectivity index (χ1) is 14.6. The second kappa shape index (κ2) is 9.40. The van der Waals surface area contributed by atoms with E-state index in [0.717, 1.165) is 42.4 Å². The van der Waals surface area contributed by atoms with E-state index in [1.807, 2.05) is 0 Å². The van der Waals surface area contributed by atoms with Gasteiger partial charge in [-0.05, 0) is 43.9 Å². The number of nitrogens with zero attached hydrogens (tertiary/aromatic N) is 1. The van der Waals surface area contributed by atoms with Gasteiger partial charge in [0.15, 0.2) is 10.9 Å². The molecule has 0 bridgehead atoms. The highest BCUT2D eigenvalue weighted by molar-refractivity contribution is 7.92. The predicted molar refractivity (Wildman–Crippen MR) is 110 cm³/mol. The lowest BCUT2D eigenvalue weighted by atomic mass is 10.3. The molecule has 2 aliphatic rings. The van der Waals surface area contributed by atoms with Crippen LogP contribution in [0.2, 0.25) is 0 Å². The first-order valence-corrected chi connectivity index (χ1v) is 11.7. The molecule has 1 aromatic carbocycles. The molecule has 4 N–H and O–H groups in total. The van der Waals surface area contributed by atoms with E-state index >= 15 is 0 Å². The molecule has 2 fully saturated rings. The number of aliphatic carboxylic acids is 1. The number of benzene rings is 1. The van der Waals surface area contributed by atoms with Gasteiger partial charge in [0.25, 0.3) is 10.0 Å². The number of rotatable bonds is 6. The summed E-state index contributed by atoms with van der Waals surface area (Å²) in [7, 11) is -3.60. The van der Waals surface area contributed by atoms with Gasteiger partial charge in [-0.2, -0.15) is 13.2 Å². The lowest BCUT2D eigenvalue weighted by Crippen LogP contribution is -2.22. The van der Waals surface area contributed by atoms with Crippen molar-refractivity contribution in [3.8, 4) is 0 Å². The fourth-order valence-electron chi connectivity index (χ4n) is 2.83. The maximum Gasteiger partial charge on any atom is 0.490 e. The van der Waals surface area contributed by atoms with Crippen LogP contribution in [0.4, 0.5) is 24.1 Å². The van der Waals surface area contributed by atoms with Crippen LogP contribution in [0.25, 0.3) is 0 Å². The quantitative estimate of drug-likeness (QED) is 0.503. The van der Waals surface area contributed by atoms with Crippen LogP contribution < -0.4 is 15.4 Å². The summed E-state index contributed by atoms with van der Waals surface area (Å²) in [6, 6.07) is 8.79. The van der Waals surface area contributed by atoms with Crippen molar-refractivity contribution < 1.29 is 31.5 Å². The zero-order valence-electron chi connectivity index (χ0n) is 16.1. The number of carbonyl (C=O) groups is 1. The van der Waals surface area contributed by atoms with Crippen LogP contribution in [0, 0.1) is 0 Å². The smallest absolute Gasteiger partial charge is 0.475 e. The van der Waals surface area contributed by atoms with Crippen molar-refractivity contribution >= 4 is 38.3 Å². The molecule has 31 heavy (non-hydrogen) atoms. The summed E-state index contributed by atoms with van der Waals surface area (Å²) >= 11 is 1.58. The van der Waals surface area contributed by atoms with Crippen LogP contribution in [-0.2, 0) is 14.8 Å². The van der Waals surface area contributed by atoms with Gasteiger partial charge in [0.05, 0.1) is 9.77 Å². The summed E-state index contributed by atoms with van der Waals surface area (Å²) in [4.78, 5) is 14.7. The minimum Gasteiger partial charge on any atom is -0.475 e. The molecular weight excluding hydrogens is 457 g/mol. The zero-order valence-corrected chi connectivity index (χ0v) is 17.8. The highest BCUT2D eigenvalue weighted by Crippen LogP contribution is 2.47. The number of hydrogen-bond acceptors (Lipinski definition) is 7. The summed E-state index contributed by atoms with van der Waals surface area (Å²) in [6.07, 6.45) is -1.82. The molecule has 0 spiro atoms. The molecule has 170 valence electrons. The first kappa shape index (κ1) is 23.3. The largest absolute Gasteiger partial charge is 0.490 e. The number of aromatic nitrogens is 1. The van der Waals surface area contributed by atoms with Gasteiger partial charge in [-0.15, -0.1) is 0 Å². The average Bonchev–Trinajstić information content (AvgIpc) is 3.28. The zero-order chi connectivity index (χ0) is 22.6. The molecule has 0 amide bonds. The van der Waals surface area contributed by atoms with E-state index < -0.39 is 22.2 Å². The molecule has 1 saturated heterocycles. The van der Waals surface area contributed by atoms with E-state index in [1.54, 1.807) is 41.7 Å². The third-order valence-corrected chi connectivity index (χ3v) is 7.02. The Morgan fingerprint density at radius 1 is 1.19 bits per heavy atom. The van der Waals surface area contributed by atoms with Crippen molar-refractivity contribution in [1.29, 1.82) is 0 Å². The third-order valence-electron chi connectivity index (χ3n) is 4.52. The standard InChI is InChI=1S/C16H20N4O2S2.C2HF3O2/c21-24(22,13-4-2-1-3-5-13)20-15-14(11-6-7-11)23-16(19-15)18-12-8-9-17-10-12;3-2(4,5)1(6)7/h1-5,11-12,17,20H,6-10H2,(H,18,19);(H,6,7)/t12-;/m0./s1. The van der Waals surface area contributed by atoms with Gasteiger partial charge in [0, 0.05) is 12.6 Å². The van der Waals surface area contributed by atoms with Crippen LogP contribution in [0.5, 0.6) is 0 Å². The van der Waals surface area contributed by atoms with E-state index in [9.17, 15) is 21.6 Å². The summed E-state index contributed by atoms with van der Waals surface area (Å²) in [5, 5.41) is 14.7. The lowest BCUT2D eigenvalue weighted by Gasteiger charge is -2.09. The predicted octanol–water partition coefficient (Wildman–Crippen LogP) is 3.23. The first-order valence-electron chi connectivity index (χ1n) is 9.42. The molecule has 4 rings (SSSR count). The number of alkyl halides is 3. The summed E-state index contributed by atoms with van der Waals surface area (Å²) in [5.74, 6) is -1.83. The minimum atomic E-state index is -5.08. The Labute approximate surface area is 180 Å². The number of hydrogen-bond donors (Lipinski definition) is 4. The second-order valence-corrected chi connectivity index (χ2v) is 9.77. The highest BCUT2D eigenvalue weighted by Gasteiger charge is 2.38. The van der Waals surface area contributed by atoms with E-state index in [1.165, 1.54) is 0 Å². The van der Waals surface area contributed by atoms with Gasteiger partial charge < -0.3 is 15.7 Å². The molecule has 8 nitrogen and oxygen atoms in total. The van der Waals surface area contributed by atoms with Crippen LogP contribution in [0.1, 0.15) is 30.1 Å². The molecule has 1 atom stereocenters. The van der Waals surface area contributed by atoms with E-state index in [2.05, 4.69) is 20.3 Å². The van der Waals surface area contributed by atoms with Crippen molar-refractivity contribution in [2.75, 3.05) is 23.1 Å². The molecule has 1 aliphatic carbocycles. The van der Waals surface area contributed by atoms with Gasteiger partial charge in [-0.3, -0.25) is 4.72 Å². The topological polar surface area (TPSA) is 120 Å². The molecular formula is C18H21F3N4O4S2. The number of halogens is 3. The Hall–Kier alpha value is -2.38. The SMILES string of the molecule is O=C(O)C(F)(F)F.O=S(=O)(Nc1nc(N[C@H]2CCNC2)sc1C1CC1)c1ccccc1. The van der Waals surface area contributed by atoms with Gasteiger partial charge in [0.1, 0.15) is 0 Å². The van der Waals surface area contributed by atoms with E-state index in [0.29, 0.717) is 17.8 Å². The van der Waals surface area contributed by atoms with E-state index in [4.69, 9.17) is 9.90 Å². The normalized spacial score (nSPS) is 18.7. The van der Waals surface area contributed by atoms with Crippen molar-refractivity contribution in [3.63, 3.8) is 0 Å². The average molecular weight is 479 g/mol. The summed E-state index contributed by atoms with van der Waals surface area (Å²) in [5.41, 5.74) is 0. The van der Waals surface area contributed by atoms with Crippen molar-refractivity contribution in [2.24, 2.45) is 0 Å². The van der Waals surface area contributed by atoms with Crippen molar-refractivity contribution in [2.45, 2.75) is 42.3 Å². The maximum absolute atomic E-state index is 12.6. The Balaban J connectivity index is 0.000000339. The van der Waals surface area contributed by atoms with Crippen molar-refractivity contribution in [3.05, 3.63) is 35.2 Å². The molecule has 0 radical (unpaired) electrons. The van der Waals surface area contributed by atoms with Gasteiger partial charge in [-0.25, -0.2) is 18.2 Å². The second-order valence-electron chi connectivity index (χ2n) is 7.06.